The van der Waals surface area contributed by atoms with E-state index in [0.29, 0.717) is 0 Å². The lowest BCUT2D eigenvalue weighted by Crippen LogP contribution is -2.39. The zero-order valence-corrected chi connectivity index (χ0v) is 12.8. The summed E-state index contributed by atoms with van der Waals surface area (Å²) in [6, 6.07) is 7.91. The maximum atomic E-state index is 5.97. The third-order valence-electron chi connectivity index (χ3n) is 3.04. The summed E-state index contributed by atoms with van der Waals surface area (Å²) in [4.78, 5) is 8.21. The van der Waals surface area contributed by atoms with Crippen LogP contribution in [0.15, 0.2) is 48.0 Å². The van der Waals surface area contributed by atoms with Gasteiger partial charge in [-0.25, -0.2) is 4.98 Å². The second-order valence-electron chi connectivity index (χ2n) is 4.61. The largest absolute Gasteiger partial charge is 0.356 e. The van der Waals surface area contributed by atoms with Gasteiger partial charge in [-0.15, -0.1) is 0 Å². The van der Waals surface area contributed by atoms with Gasteiger partial charge in [0.05, 0.1) is 6.33 Å². The van der Waals surface area contributed by atoms with E-state index in [2.05, 4.69) is 26.7 Å². The first-order valence-electron chi connectivity index (χ1n) is 6.92. The lowest BCUT2D eigenvalue weighted by molar-refractivity contribution is 0.661. The fraction of sp³-hybridized carbons (Fsp3) is 0.333. The highest BCUT2D eigenvalue weighted by molar-refractivity contribution is 6.30. The summed E-state index contributed by atoms with van der Waals surface area (Å²) in [6.45, 7) is 2.47. The molecule has 0 aliphatic carbocycles. The number of rotatable bonds is 6. The summed E-state index contributed by atoms with van der Waals surface area (Å²) < 4.78 is 2.02. The van der Waals surface area contributed by atoms with Gasteiger partial charge in [0.1, 0.15) is 0 Å². The molecule has 0 radical (unpaired) electrons. The first-order chi connectivity index (χ1) is 10.3. The molecule has 21 heavy (non-hydrogen) atoms. The van der Waals surface area contributed by atoms with Gasteiger partial charge in [0, 0.05) is 44.1 Å². The Bertz CT molecular complexity index is 565. The highest BCUT2D eigenvalue weighted by Crippen LogP contribution is 2.10. The molecule has 1 aromatic heterocycles. The number of hydrogen-bond donors (Lipinski definition) is 2. The minimum absolute atomic E-state index is 0.773. The first kappa shape index (κ1) is 15.4. The van der Waals surface area contributed by atoms with Crippen molar-refractivity contribution in [2.75, 3.05) is 20.1 Å². The fourth-order valence-electron chi connectivity index (χ4n) is 1.96. The van der Waals surface area contributed by atoms with Crippen LogP contribution in [0.1, 0.15) is 5.56 Å². The lowest BCUT2D eigenvalue weighted by atomic mass is 10.1. The van der Waals surface area contributed by atoms with Gasteiger partial charge in [-0.3, -0.25) is 4.99 Å². The molecule has 0 aliphatic rings. The number of nitrogens with zero attached hydrogens (tertiary/aromatic N) is 3. The molecule has 2 rings (SSSR count). The van der Waals surface area contributed by atoms with Gasteiger partial charge in [-0.2, -0.15) is 0 Å². The SMILES string of the molecule is CN=C(NCCc1cccc(Cl)c1)NCCn1ccnc1. The van der Waals surface area contributed by atoms with Crippen molar-refractivity contribution in [1.82, 2.24) is 20.2 Å². The Morgan fingerprint density at radius 3 is 2.90 bits per heavy atom. The molecule has 0 spiro atoms. The molecule has 0 unspecified atom stereocenters. The second kappa shape index (κ2) is 8.32. The predicted molar refractivity (Wildman–Crippen MR) is 86.7 cm³/mol. The minimum Gasteiger partial charge on any atom is -0.356 e. The minimum atomic E-state index is 0.773. The van der Waals surface area contributed by atoms with Crippen LogP contribution >= 0.6 is 11.6 Å². The van der Waals surface area contributed by atoms with Crippen molar-refractivity contribution in [3.8, 4) is 0 Å². The van der Waals surface area contributed by atoms with Crippen molar-refractivity contribution in [2.45, 2.75) is 13.0 Å². The van der Waals surface area contributed by atoms with E-state index in [1.807, 2.05) is 29.0 Å². The topological polar surface area (TPSA) is 54.2 Å². The molecule has 0 saturated heterocycles. The van der Waals surface area contributed by atoms with Crippen molar-refractivity contribution < 1.29 is 0 Å². The Labute approximate surface area is 130 Å². The number of guanidine groups is 1. The average molecular weight is 306 g/mol. The van der Waals surface area contributed by atoms with Crippen LogP contribution in [-0.4, -0.2) is 35.6 Å². The number of aromatic nitrogens is 2. The second-order valence-corrected chi connectivity index (χ2v) is 5.04. The molecule has 2 N–H and O–H groups in total. The van der Waals surface area contributed by atoms with Crippen LogP contribution in [0.2, 0.25) is 5.02 Å². The molecule has 2 aromatic rings. The molecule has 0 fully saturated rings. The van der Waals surface area contributed by atoms with Gasteiger partial charge in [-0.05, 0) is 24.1 Å². The van der Waals surface area contributed by atoms with Crippen LogP contribution in [0.4, 0.5) is 0 Å². The van der Waals surface area contributed by atoms with Crippen LogP contribution < -0.4 is 10.6 Å². The molecule has 0 saturated carbocycles. The Balaban J connectivity index is 1.68. The van der Waals surface area contributed by atoms with Gasteiger partial charge < -0.3 is 15.2 Å². The third-order valence-corrected chi connectivity index (χ3v) is 3.28. The van der Waals surface area contributed by atoms with E-state index in [1.165, 1.54) is 5.56 Å². The monoisotopic (exact) mass is 305 g/mol. The molecule has 0 bridgehead atoms. The fourth-order valence-corrected chi connectivity index (χ4v) is 2.17. The Morgan fingerprint density at radius 2 is 2.19 bits per heavy atom. The van der Waals surface area contributed by atoms with E-state index in [9.17, 15) is 0 Å². The molecule has 5 nitrogen and oxygen atoms in total. The van der Waals surface area contributed by atoms with Crippen molar-refractivity contribution in [2.24, 2.45) is 4.99 Å². The van der Waals surface area contributed by atoms with Crippen LogP contribution in [-0.2, 0) is 13.0 Å². The summed E-state index contributed by atoms with van der Waals surface area (Å²) in [5, 5.41) is 7.33. The number of halogens is 1. The quantitative estimate of drug-likeness (QED) is 0.633. The van der Waals surface area contributed by atoms with Gasteiger partial charge in [0.15, 0.2) is 5.96 Å². The van der Waals surface area contributed by atoms with Crippen molar-refractivity contribution in [3.05, 3.63) is 53.6 Å². The first-order valence-corrected chi connectivity index (χ1v) is 7.30. The van der Waals surface area contributed by atoms with Crippen molar-refractivity contribution in [1.29, 1.82) is 0 Å². The Hall–Kier alpha value is -2.01. The van der Waals surface area contributed by atoms with E-state index in [0.717, 1.165) is 37.0 Å². The number of nitrogens with one attached hydrogen (secondary N) is 2. The van der Waals surface area contributed by atoms with E-state index in [-0.39, 0.29) is 0 Å². The van der Waals surface area contributed by atoms with Gasteiger partial charge in [0.25, 0.3) is 0 Å². The molecule has 1 heterocycles. The summed E-state index contributed by atoms with van der Waals surface area (Å²) in [5.74, 6) is 0.803. The standard InChI is InChI=1S/C15H20ClN5/c1-17-15(20-8-10-21-9-7-18-12-21)19-6-5-13-3-2-4-14(16)11-13/h2-4,7,9,11-12H,5-6,8,10H2,1H3,(H2,17,19,20). The number of aliphatic imine (C=N–C) groups is 1. The maximum Gasteiger partial charge on any atom is 0.191 e. The molecule has 6 heteroatoms. The molecule has 0 aliphatic heterocycles. The highest BCUT2D eigenvalue weighted by atomic mass is 35.5. The van der Waals surface area contributed by atoms with E-state index in [1.54, 1.807) is 19.6 Å². The molecule has 0 amide bonds. The van der Waals surface area contributed by atoms with Crippen LogP contribution in [0.5, 0.6) is 0 Å². The van der Waals surface area contributed by atoms with Gasteiger partial charge >= 0.3 is 0 Å². The maximum absolute atomic E-state index is 5.97. The van der Waals surface area contributed by atoms with Crippen LogP contribution in [0, 0.1) is 0 Å². The van der Waals surface area contributed by atoms with Crippen LogP contribution in [0.25, 0.3) is 0 Å². The average Bonchev–Trinajstić information content (AvgIpc) is 2.99. The van der Waals surface area contributed by atoms with E-state index < -0.39 is 0 Å². The van der Waals surface area contributed by atoms with Crippen molar-refractivity contribution in [3.63, 3.8) is 0 Å². The number of benzene rings is 1. The molecule has 0 atom stereocenters. The number of hydrogen-bond acceptors (Lipinski definition) is 2. The predicted octanol–water partition coefficient (Wildman–Crippen LogP) is 1.94. The summed E-state index contributed by atoms with van der Waals surface area (Å²) in [7, 11) is 1.77. The zero-order chi connectivity index (χ0) is 14.9. The molecule has 1 aromatic carbocycles. The smallest absolute Gasteiger partial charge is 0.191 e. The number of imidazole rings is 1. The Kier molecular flexibility index (Phi) is 6.09. The van der Waals surface area contributed by atoms with E-state index in [4.69, 9.17) is 11.6 Å². The van der Waals surface area contributed by atoms with Crippen LogP contribution in [0.3, 0.4) is 0 Å². The zero-order valence-electron chi connectivity index (χ0n) is 12.1. The third kappa shape index (κ3) is 5.47. The molecular weight excluding hydrogens is 286 g/mol. The van der Waals surface area contributed by atoms with E-state index >= 15 is 0 Å². The summed E-state index contributed by atoms with van der Waals surface area (Å²) >= 11 is 5.97. The summed E-state index contributed by atoms with van der Waals surface area (Å²) in [6.07, 6.45) is 6.43. The highest BCUT2D eigenvalue weighted by Gasteiger charge is 1.98. The van der Waals surface area contributed by atoms with Gasteiger partial charge in [0.2, 0.25) is 0 Å². The van der Waals surface area contributed by atoms with Crippen molar-refractivity contribution >= 4 is 17.6 Å². The molecular formula is C15H20ClN5. The lowest BCUT2D eigenvalue weighted by Gasteiger charge is -2.12. The van der Waals surface area contributed by atoms with Gasteiger partial charge in [-0.1, -0.05) is 23.7 Å². The normalized spacial score (nSPS) is 11.4. The summed E-state index contributed by atoms with van der Waals surface area (Å²) in [5.41, 5.74) is 1.21. The Morgan fingerprint density at radius 1 is 1.33 bits per heavy atom. The molecule has 112 valence electrons.